The lowest BCUT2D eigenvalue weighted by atomic mass is 9.94. The number of nitrogens with one attached hydrogen (secondary N) is 1. The lowest BCUT2D eigenvalue weighted by Crippen LogP contribution is -2.53. The number of nitrogens with zero attached hydrogens (tertiary/aromatic N) is 1. The van der Waals surface area contributed by atoms with Crippen molar-refractivity contribution in [1.29, 1.82) is 0 Å². The molecule has 2 aliphatic heterocycles. The molecule has 4 nitrogen and oxygen atoms in total. The van der Waals surface area contributed by atoms with Crippen LogP contribution in [0.15, 0.2) is 23.8 Å². The Bertz CT molecular complexity index is 565. The maximum Gasteiger partial charge on any atom is 0.256 e. The summed E-state index contributed by atoms with van der Waals surface area (Å²) in [6, 6.07) is -0.516. The van der Waals surface area contributed by atoms with Gasteiger partial charge in [-0.25, -0.2) is 0 Å². The summed E-state index contributed by atoms with van der Waals surface area (Å²) in [6.45, 7) is 0. The van der Waals surface area contributed by atoms with Crippen LogP contribution >= 0.6 is 24.4 Å². The molecule has 0 aromatic carbocycles. The van der Waals surface area contributed by atoms with Crippen molar-refractivity contribution < 1.29 is 9.59 Å². The van der Waals surface area contributed by atoms with Gasteiger partial charge in [-0.05, 0) is 12.8 Å². The van der Waals surface area contributed by atoms with Crippen LogP contribution in [0.4, 0.5) is 0 Å². The van der Waals surface area contributed by atoms with Gasteiger partial charge in [0.2, 0.25) is 5.91 Å². The molecule has 0 saturated carbocycles. The molecular formula is C13H12N2O2S2. The molecule has 2 unspecified atom stereocenters. The first-order chi connectivity index (χ1) is 9.09. The van der Waals surface area contributed by atoms with Gasteiger partial charge in [0.05, 0.1) is 9.98 Å². The quantitative estimate of drug-likeness (QED) is 0.739. The predicted molar refractivity (Wildman–Crippen MR) is 78.5 cm³/mol. The number of carbonyl (C=O) groups is 2. The summed E-state index contributed by atoms with van der Waals surface area (Å²) in [5.41, 5.74) is 0.702. The fraction of sp³-hybridized carbons (Fsp3) is 0.385. The van der Waals surface area contributed by atoms with Crippen molar-refractivity contribution in [3.8, 4) is 0 Å². The summed E-state index contributed by atoms with van der Waals surface area (Å²) in [6.07, 6.45) is 7.55. The maximum absolute atomic E-state index is 12.4. The highest BCUT2D eigenvalue weighted by atomic mass is 32.1. The fourth-order valence-corrected chi connectivity index (χ4v) is 3.37. The summed E-state index contributed by atoms with van der Waals surface area (Å²) in [7, 11) is 0. The lowest BCUT2D eigenvalue weighted by molar-refractivity contribution is -0.132. The lowest BCUT2D eigenvalue weighted by Gasteiger charge is -2.30. The Morgan fingerprint density at radius 1 is 1.32 bits per heavy atom. The monoisotopic (exact) mass is 292 g/mol. The average Bonchev–Trinajstić information content (AvgIpc) is 2.64. The van der Waals surface area contributed by atoms with Crippen molar-refractivity contribution in [2.75, 3.05) is 0 Å². The molecular weight excluding hydrogens is 280 g/mol. The zero-order valence-corrected chi connectivity index (χ0v) is 11.7. The third-order valence-electron chi connectivity index (χ3n) is 3.68. The van der Waals surface area contributed by atoms with Gasteiger partial charge >= 0.3 is 0 Å². The average molecular weight is 292 g/mol. The van der Waals surface area contributed by atoms with Crippen molar-refractivity contribution >= 4 is 46.2 Å². The first-order valence-electron chi connectivity index (χ1n) is 6.17. The Morgan fingerprint density at radius 3 is 2.79 bits per heavy atom. The van der Waals surface area contributed by atoms with E-state index in [1.54, 1.807) is 6.08 Å². The molecule has 0 bridgehead atoms. The molecule has 2 heterocycles. The fourth-order valence-electron chi connectivity index (χ4n) is 2.71. The van der Waals surface area contributed by atoms with E-state index in [4.69, 9.17) is 24.4 Å². The molecule has 1 aliphatic carbocycles. The van der Waals surface area contributed by atoms with E-state index in [0.29, 0.717) is 28.4 Å². The number of hydrogen-bond donors (Lipinski definition) is 1. The van der Waals surface area contributed by atoms with Crippen LogP contribution < -0.4 is 5.32 Å². The number of thiocarbonyl (C=S) groups is 2. The molecule has 6 heteroatoms. The highest BCUT2D eigenvalue weighted by Crippen LogP contribution is 2.34. The Kier molecular flexibility index (Phi) is 3.06. The van der Waals surface area contributed by atoms with E-state index in [-0.39, 0.29) is 17.7 Å². The molecule has 2 amide bonds. The highest BCUT2D eigenvalue weighted by molar-refractivity contribution is 7.80. The molecule has 1 N–H and O–H groups in total. The topological polar surface area (TPSA) is 49.4 Å². The summed E-state index contributed by atoms with van der Waals surface area (Å²) in [5.74, 6) is -0.402. The Morgan fingerprint density at radius 2 is 2.11 bits per heavy atom. The summed E-state index contributed by atoms with van der Waals surface area (Å²) >= 11 is 10.4. The summed E-state index contributed by atoms with van der Waals surface area (Å²) in [4.78, 5) is 27.0. The molecule has 2 saturated heterocycles. The van der Waals surface area contributed by atoms with Crippen LogP contribution in [0.3, 0.4) is 0 Å². The van der Waals surface area contributed by atoms with E-state index in [1.165, 1.54) is 4.90 Å². The second-order valence-electron chi connectivity index (χ2n) is 4.82. The standard InChI is InChI=1S/C13H12N2O2S2/c16-11-9(5-6-10(18)14-11)15-12(17)7-3-1-2-4-8(7)13(15)19/h1-3,8-9H,4-6H2,(H,14,16,18). The van der Waals surface area contributed by atoms with Gasteiger partial charge < -0.3 is 5.32 Å². The third kappa shape index (κ3) is 1.95. The molecule has 3 rings (SSSR count). The smallest absolute Gasteiger partial charge is 0.256 e. The van der Waals surface area contributed by atoms with Gasteiger partial charge in [0.15, 0.2) is 0 Å². The van der Waals surface area contributed by atoms with Crippen LogP contribution in [0.1, 0.15) is 19.3 Å². The molecule has 3 aliphatic rings. The maximum atomic E-state index is 12.4. The van der Waals surface area contributed by atoms with E-state index >= 15 is 0 Å². The number of hydrogen-bond acceptors (Lipinski definition) is 4. The molecule has 0 spiro atoms. The second-order valence-corrected chi connectivity index (χ2v) is 5.73. The van der Waals surface area contributed by atoms with Crippen LogP contribution in [0.5, 0.6) is 0 Å². The number of piperidine rings is 1. The highest BCUT2D eigenvalue weighted by Gasteiger charge is 2.46. The van der Waals surface area contributed by atoms with Crippen LogP contribution in [0.2, 0.25) is 0 Å². The van der Waals surface area contributed by atoms with Gasteiger partial charge in [-0.3, -0.25) is 14.5 Å². The predicted octanol–water partition coefficient (Wildman–Crippen LogP) is 1.26. The van der Waals surface area contributed by atoms with Gasteiger partial charge in [-0.15, -0.1) is 0 Å². The Labute approximate surface area is 121 Å². The Balaban J connectivity index is 1.90. The van der Waals surface area contributed by atoms with Gasteiger partial charge in [0, 0.05) is 17.9 Å². The number of amides is 2. The molecule has 19 heavy (non-hydrogen) atoms. The minimum Gasteiger partial charge on any atom is -0.319 e. The van der Waals surface area contributed by atoms with Crippen molar-refractivity contribution in [2.24, 2.45) is 5.92 Å². The Hall–Kier alpha value is -1.40. The third-order valence-corrected chi connectivity index (χ3v) is 4.47. The number of rotatable bonds is 1. The van der Waals surface area contributed by atoms with Crippen molar-refractivity contribution in [2.45, 2.75) is 25.3 Å². The summed E-state index contributed by atoms with van der Waals surface area (Å²) < 4.78 is 0. The van der Waals surface area contributed by atoms with E-state index in [9.17, 15) is 9.59 Å². The van der Waals surface area contributed by atoms with Crippen LogP contribution in [-0.4, -0.2) is 32.7 Å². The number of allylic oxidation sites excluding steroid dienone is 3. The van der Waals surface area contributed by atoms with Crippen LogP contribution in [-0.2, 0) is 9.59 Å². The van der Waals surface area contributed by atoms with Crippen molar-refractivity contribution in [3.63, 3.8) is 0 Å². The largest absolute Gasteiger partial charge is 0.319 e. The van der Waals surface area contributed by atoms with E-state index < -0.39 is 6.04 Å². The van der Waals surface area contributed by atoms with Gasteiger partial charge in [0.25, 0.3) is 5.91 Å². The van der Waals surface area contributed by atoms with E-state index in [2.05, 4.69) is 5.32 Å². The minimum atomic E-state index is -0.516. The van der Waals surface area contributed by atoms with Gasteiger partial charge in [0.1, 0.15) is 6.04 Å². The summed E-state index contributed by atoms with van der Waals surface area (Å²) in [5, 5.41) is 2.63. The molecule has 0 aromatic heterocycles. The molecule has 2 fully saturated rings. The zero-order chi connectivity index (χ0) is 13.6. The molecule has 0 radical (unpaired) electrons. The van der Waals surface area contributed by atoms with Gasteiger partial charge in [-0.2, -0.15) is 0 Å². The van der Waals surface area contributed by atoms with Crippen LogP contribution in [0.25, 0.3) is 0 Å². The van der Waals surface area contributed by atoms with Gasteiger partial charge in [-0.1, -0.05) is 42.7 Å². The van der Waals surface area contributed by atoms with E-state index in [1.807, 2.05) is 12.2 Å². The van der Waals surface area contributed by atoms with Crippen molar-refractivity contribution in [3.05, 3.63) is 23.8 Å². The number of likely N-dealkylation sites (tertiary alicyclic amines) is 1. The van der Waals surface area contributed by atoms with Crippen molar-refractivity contribution in [1.82, 2.24) is 10.2 Å². The zero-order valence-electron chi connectivity index (χ0n) is 10.1. The number of carbonyl (C=O) groups excluding carboxylic acids is 2. The minimum absolute atomic E-state index is 0.0471. The first kappa shape index (κ1) is 12.6. The van der Waals surface area contributed by atoms with Crippen LogP contribution in [0, 0.1) is 5.92 Å². The van der Waals surface area contributed by atoms with E-state index in [0.717, 1.165) is 6.42 Å². The second kappa shape index (κ2) is 4.61. The normalized spacial score (nSPS) is 30.3. The molecule has 0 aromatic rings. The first-order valence-corrected chi connectivity index (χ1v) is 6.99. The number of fused-ring (bicyclic) bond motifs is 1. The SMILES string of the molecule is O=C1NC(=S)CCC1N1C(=O)C2=CC=CCC2C1=S. The molecule has 98 valence electrons. The molecule has 2 atom stereocenters.